The van der Waals surface area contributed by atoms with Crippen molar-refractivity contribution in [2.75, 3.05) is 6.61 Å². The van der Waals surface area contributed by atoms with Crippen molar-refractivity contribution in [3.05, 3.63) is 81.8 Å². The topological polar surface area (TPSA) is 56.5 Å². The molecule has 0 N–H and O–H groups in total. The molecular formula is C21H19Cl2N3O2. The van der Waals surface area contributed by atoms with Crippen LogP contribution >= 0.6 is 23.2 Å². The standard InChI is InChI=1S/C21H19Cl2N3O2/c1-2-3-12-28-19-13-15(14-24-26(19)16-8-5-4-6-9-16)25-21(27)17-10-7-11-18(22)20(17)23/h4-11,13-14H,2-3,12H2,1H3. The average molecular weight is 416 g/mol. The first-order valence-corrected chi connectivity index (χ1v) is 9.66. The molecule has 0 fully saturated rings. The Labute approximate surface area is 173 Å². The molecule has 0 radical (unpaired) electrons. The third-order valence-corrected chi connectivity index (χ3v) is 4.77. The van der Waals surface area contributed by atoms with Crippen molar-refractivity contribution in [3.63, 3.8) is 0 Å². The van der Waals surface area contributed by atoms with Gasteiger partial charge in [-0.2, -0.15) is 5.10 Å². The van der Waals surface area contributed by atoms with Gasteiger partial charge in [0.05, 0.1) is 39.5 Å². The molecule has 3 aromatic rings. The second kappa shape index (κ2) is 9.53. The first kappa shape index (κ1) is 20.1. The van der Waals surface area contributed by atoms with Gasteiger partial charge in [0.1, 0.15) is 0 Å². The molecule has 28 heavy (non-hydrogen) atoms. The second-order valence-electron chi connectivity index (χ2n) is 6.02. The Kier molecular flexibility index (Phi) is 6.85. The first-order chi connectivity index (χ1) is 13.6. The highest BCUT2D eigenvalue weighted by molar-refractivity contribution is 6.43. The molecule has 0 saturated carbocycles. The highest BCUT2D eigenvalue weighted by Gasteiger charge is 2.12. The van der Waals surface area contributed by atoms with Crippen LogP contribution in [0.25, 0.3) is 5.69 Å². The molecule has 0 saturated heterocycles. The van der Waals surface area contributed by atoms with Gasteiger partial charge >= 0.3 is 0 Å². The SMILES string of the molecule is CCCCOc1cc(=NC(=O)c2cccc(Cl)c2Cl)cnn1-c1ccccc1. The van der Waals surface area contributed by atoms with Gasteiger partial charge in [0.25, 0.3) is 5.91 Å². The number of carbonyl (C=O) groups is 1. The van der Waals surface area contributed by atoms with Crippen molar-refractivity contribution in [1.29, 1.82) is 0 Å². The molecule has 7 heteroatoms. The summed E-state index contributed by atoms with van der Waals surface area (Å²) in [6.07, 6.45) is 3.43. The lowest BCUT2D eigenvalue weighted by Crippen LogP contribution is -2.16. The van der Waals surface area contributed by atoms with Crippen LogP contribution in [0.5, 0.6) is 5.88 Å². The van der Waals surface area contributed by atoms with Crippen LogP contribution in [0.3, 0.4) is 0 Å². The Bertz CT molecular complexity index is 1030. The van der Waals surface area contributed by atoms with Crippen LogP contribution in [0, 0.1) is 0 Å². The summed E-state index contributed by atoms with van der Waals surface area (Å²) in [7, 11) is 0. The van der Waals surface area contributed by atoms with Crippen molar-refractivity contribution < 1.29 is 9.53 Å². The van der Waals surface area contributed by atoms with Crippen LogP contribution in [0.15, 0.2) is 65.8 Å². The molecular weight excluding hydrogens is 397 g/mol. The van der Waals surface area contributed by atoms with E-state index in [9.17, 15) is 4.79 Å². The molecule has 0 bridgehead atoms. The zero-order valence-electron chi connectivity index (χ0n) is 15.3. The first-order valence-electron chi connectivity index (χ1n) is 8.91. The van der Waals surface area contributed by atoms with Crippen molar-refractivity contribution in [1.82, 2.24) is 9.78 Å². The largest absolute Gasteiger partial charge is 0.478 e. The fourth-order valence-electron chi connectivity index (χ4n) is 2.49. The van der Waals surface area contributed by atoms with Crippen LogP contribution in [0.4, 0.5) is 0 Å². The molecule has 1 amide bonds. The summed E-state index contributed by atoms with van der Waals surface area (Å²) >= 11 is 12.1. The quantitative estimate of drug-likeness (QED) is 0.526. The number of para-hydroxylation sites is 1. The van der Waals surface area contributed by atoms with Gasteiger partial charge in [0.2, 0.25) is 5.88 Å². The molecule has 5 nitrogen and oxygen atoms in total. The number of halogens is 2. The third kappa shape index (κ3) is 4.80. The highest BCUT2D eigenvalue weighted by Crippen LogP contribution is 2.26. The van der Waals surface area contributed by atoms with Crippen LogP contribution in [-0.2, 0) is 0 Å². The van der Waals surface area contributed by atoms with E-state index < -0.39 is 5.91 Å². The molecule has 0 atom stereocenters. The van der Waals surface area contributed by atoms with E-state index in [1.54, 1.807) is 28.9 Å². The number of unbranched alkanes of at least 4 members (excludes halogenated alkanes) is 1. The number of hydrogen-bond donors (Lipinski definition) is 0. The lowest BCUT2D eigenvalue weighted by atomic mass is 10.2. The van der Waals surface area contributed by atoms with Gasteiger partial charge in [0, 0.05) is 6.07 Å². The predicted molar refractivity (Wildman–Crippen MR) is 110 cm³/mol. The number of ether oxygens (including phenoxy) is 1. The zero-order valence-corrected chi connectivity index (χ0v) is 16.8. The van der Waals surface area contributed by atoms with Crippen molar-refractivity contribution in [3.8, 4) is 11.6 Å². The van der Waals surface area contributed by atoms with Gasteiger partial charge in [-0.05, 0) is 30.7 Å². The summed E-state index contributed by atoms with van der Waals surface area (Å²) in [6.45, 7) is 2.63. The summed E-state index contributed by atoms with van der Waals surface area (Å²) in [5, 5.41) is 5.26. The van der Waals surface area contributed by atoms with Gasteiger partial charge in [-0.1, -0.05) is 60.8 Å². The van der Waals surface area contributed by atoms with Crippen molar-refractivity contribution in [2.45, 2.75) is 19.8 Å². The van der Waals surface area contributed by atoms with Gasteiger partial charge in [-0.3, -0.25) is 4.79 Å². The van der Waals surface area contributed by atoms with Crippen LogP contribution in [0.2, 0.25) is 10.0 Å². The summed E-state index contributed by atoms with van der Waals surface area (Å²) in [5.41, 5.74) is 1.09. The minimum absolute atomic E-state index is 0.181. The van der Waals surface area contributed by atoms with E-state index in [1.807, 2.05) is 30.3 Å². The maximum absolute atomic E-state index is 12.5. The minimum atomic E-state index is -0.494. The van der Waals surface area contributed by atoms with Gasteiger partial charge in [-0.15, -0.1) is 0 Å². The molecule has 0 unspecified atom stereocenters. The third-order valence-electron chi connectivity index (χ3n) is 3.95. The van der Waals surface area contributed by atoms with E-state index in [2.05, 4.69) is 17.0 Å². The van der Waals surface area contributed by atoms with Gasteiger partial charge in [-0.25, -0.2) is 9.67 Å². The second-order valence-corrected chi connectivity index (χ2v) is 6.80. The molecule has 3 rings (SSSR count). The Morgan fingerprint density at radius 3 is 2.68 bits per heavy atom. The maximum atomic E-state index is 12.5. The molecule has 1 heterocycles. The number of aromatic nitrogens is 2. The Morgan fingerprint density at radius 2 is 1.93 bits per heavy atom. The monoisotopic (exact) mass is 415 g/mol. The molecule has 0 aliphatic heterocycles. The van der Waals surface area contributed by atoms with E-state index >= 15 is 0 Å². The Hall–Kier alpha value is -2.63. The van der Waals surface area contributed by atoms with E-state index in [0.29, 0.717) is 22.9 Å². The van der Waals surface area contributed by atoms with E-state index in [1.165, 1.54) is 6.20 Å². The maximum Gasteiger partial charge on any atom is 0.279 e. The Balaban J connectivity index is 1.99. The zero-order chi connectivity index (χ0) is 19.9. The van der Waals surface area contributed by atoms with Gasteiger partial charge < -0.3 is 4.74 Å². The van der Waals surface area contributed by atoms with Crippen LogP contribution in [0.1, 0.15) is 30.1 Å². The summed E-state index contributed by atoms with van der Waals surface area (Å²) in [4.78, 5) is 16.6. The van der Waals surface area contributed by atoms with Crippen LogP contribution in [-0.4, -0.2) is 22.3 Å². The fraction of sp³-hybridized carbons (Fsp3) is 0.190. The number of carbonyl (C=O) groups excluding carboxylic acids is 1. The average Bonchev–Trinajstić information content (AvgIpc) is 2.71. The molecule has 0 aliphatic rings. The lowest BCUT2D eigenvalue weighted by molar-refractivity contribution is 0.0998. The molecule has 1 aromatic heterocycles. The van der Waals surface area contributed by atoms with Crippen molar-refractivity contribution >= 4 is 29.1 Å². The van der Waals surface area contributed by atoms with E-state index in [0.717, 1.165) is 18.5 Å². The summed E-state index contributed by atoms with van der Waals surface area (Å²) in [5.74, 6) is 0.0113. The minimum Gasteiger partial charge on any atom is -0.478 e. The summed E-state index contributed by atoms with van der Waals surface area (Å²) < 4.78 is 7.56. The molecule has 0 spiro atoms. The van der Waals surface area contributed by atoms with Crippen molar-refractivity contribution in [2.24, 2.45) is 4.99 Å². The lowest BCUT2D eigenvalue weighted by Gasteiger charge is -2.13. The normalized spacial score (nSPS) is 11.5. The van der Waals surface area contributed by atoms with Crippen LogP contribution < -0.4 is 10.1 Å². The number of rotatable bonds is 6. The highest BCUT2D eigenvalue weighted by atomic mass is 35.5. The fourth-order valence-corrected chi connectivity index (χ4v) is 2.87. The predicted octanol–water partition coefficient (Wildman–Crippen LogP) is 5.10. The molecule has 2 aromatic carbocycles. The Morgan fingerprint density at radius 1 is 1.14 bits per heavy atom. The number of amides is 1. The number of benzene rings is 2. The van der Waals surface area contributed by atoms with E-state index in [-0.39, 0.29) is 10.6 Å². The number of hydrogen-bond acceptors (Lipinski definition) is 3. The van der Waals surface area contributed by atoms with E-state index in [4.69, 9.17) is 27.9 Å². The smallest absolute Gasteiger partial charge is 0.279 e. The van der Waals surface area contributed by atoms with Gasteiger partial charge in [0.15, 0.2) is 0 Å². The number of nitrogens with zero attached hydrogens (tertiary/aromatic N) is 3. The molecule has 144 valence electrons. The summed E-state index contributed by atoms with van der Waals surface area (Å²) in [6, 6.07) is 16.2. The molecule has 0 aliphatic carbocycles.